The topological polar surface area (TPSA) is 55.8 Å². The van der Waals surface area contributed by atoms with Crippen LogP contribution in [-0.2, 0) is 19.2 Å². The Balaban J connectivity index is 1.15. The number of imide groups is 1. The molecular formula is C23H37NO4. The van der Waals surface area contributed by atoms with Crippen LogP contribution in [0.1, 0.15) is 90.4 Å². The molecule has 2 fully saturated rings. The van der Waals surface area contributed by atoms with E-state index < -0.39 is 0 Å². The van der Waals surface area contributed by atoms with Gasteiger partial charge in [-0.3, -0.25) is 14.4 Å². The number of nitrogens with zero attached hydrogens (tertiary/aromatic N) is 1. The molecule has 2 amide bonds. The largest absolute Gasteiger partial charge is 0.365 e. The minimum Gasteiger partial charge on any atom is -0.365 e. The van der Waals surface area contributed by atoms with Crippen LogP contribution >= 0.6 is 0 Å². The fourth-order valence-corrected chi connectivity index (χ4v) is 4.68. The van der Waals surface area contributed by atoms with Crippen molar-refractivity contribution in [3.63, 3.8) is 0 Å². The highest BCUT2D eigenvalue weighted by Gasteiger charge is 2.61. The number of amides is 2. The predicted molar refractivity (Wildman–Crippen MR) is 108 cm³/mol. The average molecular weight is 392 g/mol. The Morgan fingerprint density at radius 1 is 0.750 bits per heavy atom. The Morgan fingerprint density at radius 3 is 1.64 bits per heavy atom. The summed E-state index contributed by atoms with van der Waals surface area (Å²) in [5.74, 6) is -1.17. The van der Waals surface area contributed by atoms with E-state index in [4.69, 9.17) is 9.57 Å². The molecule has 0 N–H and O–H groups in total. The lowest BCUT2D eigenvalue weighted by Crippen LogP contribution is -2.34. The standard InChI is InChI=1S/C23H37NO4/c1-2-3-4-5-6-7-8-9-10-11-12-13-14-17-27-24-22(25)20-18-15-16-19(28-18)21(20)23(24)26/h15-16,18-21H,2-14,17H2,1H3/t18-,19-,20+,21+/m1/s1. The van der Waals surface area contributed by atoms with Gasteiger partial charge in [0, 0.05) is 0 Å². The van der Waals surface area contributed by atoms with Crippen molar-refractivity contribution in [3.05, 3.63) is 12.2 Å². The van der Waals surface area contributed by atoms with Crippen molar-refractivity contribution in [3.8, 4) is 0 Å². The summed E-state index contributed by atoms with van der Waals surface area (Å²) in [5, 5.41) is 1.02. The Bertz CT molecular complexity index is 517. The first-order valence-electron chi connectivity index (χ1n) is 11.6. The van der Waals surface area contributed by atoms with Gasteiger partial charge >= 0.3 is 0 Å². The third-order valence-corrected chi connectivity index (χ3v) is 6.34. The van der Waals surface area contributed by atoms with E-state index in [-0.39, 0.29) is 35.9 Å². The molecule has 2 saturated heterocycles. The molecule has 3 aliphatic heterocycles. The summed E-state index contributed by atoms with van der Waals surface area (Å²) >= 11 is 0. The summed E-state index contributed by atoms with van der Waals surface area (Å²) in [4.78, 5) is 30.4. The molecule has 0 aliphatic carbocycles. The average Bonchev–Trinajstić information content (AvgIpc) is 3.37. The van der Waals surface area contributed by atoms with E-state index in [2.05, 4.69) is 6.92 Å². The van der Waals surface area contributed by atoms with Gasteiger partial charge in [0.05, 0.1) is 30.7 Å². The molecule has 0 unspecified atom stereocenters. The van der Waals surface area contributed by atoms with E-state index in [9.17, 15) is 9.59 Å². The second-order valence-electron chi connectivity index (χ2n) is 8.55. The maximum atomic E-state index is 12.4. The molecule has 3 heterocycles. The van der Waals surface area contributed by atoms with Gasteiger partial charge in [-0.05, 0) is 6.42 Å². The zero-order valence-electron chi connectivity index (χ0n) is 17.4. The first kappa shape index (κ1) is 21.5. The summed E-state index contributed by atoms with van der Waals surface area (Å²) in [6.45, 7) is 2.71. The summed E-state index contributed by atoms with van der Waals surface area (Å²) in [5.41, 5.74) is 0. The van der Waals surface area contributed by atoms with E-state index in [1.54, 1.807) is 0 Å². The van der Waals surface area contributed by atoms with Gasteiger partial charge in [0.1, 0.15) is 0 Å². The third-order valence-electron chi connectivity index (χ3n) is 6.34. The molecule has 0 spiro atoms. The van der Waals surface area contributed by atoms with Gasteiger partial charge in [-0.15, -0.1) is 0 Å². The maximum absolute atomic E-state index is 12.4. The van der Waals surface area contributed by atoms with Crippen molar-refractivity contribution in [2.45, 2.75) is 103 Å². The van der Waals surface area contributed by atoms with Gasteiger partial charge in [-0.1, -0.05) is 96.1 Å². The van der Waals surface area contributed by atoms with Crippen LogP contribution in [0.3, 0.4) is 0 Å². The van der Waals surface area contributed by atoms with Gasteiger partial charge in [-0.2, -0.15) is 5.06 Å². The van der Waals surface area contributed by atoms with Crippen LogP contribution in [0.2, 0.25) is 0 Å². The monoisotopic (exact) mass is 391 g/mol. The van der Waals surface area contributed by atoms with Gasteiger partial charge in [0.25, 0.3) is 11.8 Å². The Morgan fingerprint density at radius 2 is 1.18 bits per heavy atom. The fraction of sp³-hybridized carbons (Fsp3) is 0.826. The molecule has 0 aromatic heterocycles. The number of hydrogen-bond donors (Lipinski definition) is 0. The Kier molecular flexibility index (Phi) is 8.53. The van der Waals surface area contributed by atoms with Crippen molar-refractivity contribution in [1.29, 1.82) is 0 Å². The highest BCUT2D eigenvalue weighted by molar-refractivity contribution is 6.05. The molecule has 0 saturated carbocycles. The van der Waals surface area contributed by atoms with E-state index in [1.807, 2.05) is 12.2 Å². The molecule has 5 heteroatoms. The molecule has 5 nitrogen and oxygen atoms in total. The second-order valence-corrected chi connectivity index (χ2v) is 8.55. The summed E-state index contributed by atoms with van der Waals surface area (Å²) in [6, 6.07) is 0. The highest BCUT2D eigenvalue weighted by atomic mass is 16.7. The first-order valence-corrected chi connectivity index (χ1v) is 11.6. The maximum Gasteiger partial charge on any atom is 0.260 e. The molecule has 158 valence electrons. The molecule has 0 radical (unpaired) electrons. The molecule has 0 aromatic carbocycles. The lowest BCUT2D eigenvalue weighted by atomic mass is 9.85. The fourth-order valence-electron chi connectivity index (χ4n) is 4.68. The van der Waals surface area contributed by atoms with Gasteiger partial charge < -0.3 is 4.74 Å². The summed E-state index contributed by atoms with van der Waals surface area (Å²) < 4.78 is 5.62. The Hall–Kier alpha value is -1.20. The van der Waals surface area contributed by atoms with Crippen LogP contribution in [0.5, 0.6) is 0 Å². The second kappa shape index (κ2) is 11.1. The molecule has 28 heavy (non-hydrogen) atoms. The smallest absolute Gasteiger partial charge is 0.260 e. The number of hydrogen-bond acceptors (Lipinski definition) is 4. The molecular weight excluding hydrogens is 354 g/mol. The number of unbranched alkanes of at least 4 members (excludes halogenated alkanes) is 12. The minimum absolute atomic E-state index is 0.221. The molecule has 4 atom stereocenters. The number of carbonyl (C=O) groups is 2. The molecule has 3 aliphatic rings. The summed E-state index contributed by atoms with van der Waals surface area (Å²) in [7, 11) is 0. The normalized spacial score (nSPS) is 28.0. The molecule has 0 aromatic rings. The van der Waals surface area contributed by atoms with Crippen LogP contribution in [0, 0.1) is 11.8 Å². The van der Waals surface area contributed by atoms with Crippen molar-refractivity contribution >= 4 is 11.8 Å². The van der Waals surface area contributed by atoms with E-state index in [1.165, 1.54) is 70.6 Å². The van der Waals surface area contributed by atoms with Gasteiger partial charge in [-0.25, -0.2) is 0 Å². The van der Waals surface area contributed by atoms with Crippen LogP contribution in [0.15, 0.2) is 12.2 Å². The number of fused-ring (bicyclic) bond motifs is 5. The Labute approximate surface area is 169 Å². The number of rotatable bonds is 15. The van der Waals surface area contributed by atoms with Crippen molar-refractivity contribution in [2.75, 3.05) is 6.61 Å². The quantitative estimate of drug-likeness (QED) is 0.225. The summed E-state index contributed by atoms with van der Waals surface area (Å²) in [6.07, 6.45) is 20.1. The lowest BCUT2D eigenvalue weighted by molar-refractivity contribution is -0.192. The van der Waals surface area contributed by atoms with E-state index >= 15 is 0 Å². The first-order chi connectivity index (χ1) is 13.7. The van der Waals surface area contributed by atoms with Crippen LogP contribution in [0.4, 0.5) is 0 Å². The predicted octanol–water partition coefficient (Wildman–Crippen LogP) is 4.95. The molecule has 2 bridgehead atoms. The number of carbonyl (C=O) groups excluding carboxylic acids is 2. The van der Waals surface area contributed by atoms with Crippen molar-refractivity contribution < 1.29 is 19.2 Å². The molecule has 3 rings (SSSR count). The van der Waals surface area contributed by atoms with Crippen molar-refractivity contribution in [1.82, 2.24) is 5.06 Å². The SMILES string of the molecule is CCCCCCCCCCCCCCCON1C(=O)[C@@H]2[C@@H](C1=O)[C@H]1C=C[C@H]2O1. The zero-order valence-corrected chi connectivity index (χ0v) is 17.4. The van der Waals surface area contributed by atoms with Crippen LogP contribution in [0.25, 0.3) is 0 Å². The van der Waals surface area contributed by atoms with Crippen LogP contribution in [-0.4, -0.2) is 35.7 Å². The third kappa shape index (κ3) is 5.24. The van der Waals surface area contributed by atoms with Gasteiger partial charge in [0.15, 0.2) is 0 Å². The highest BCUT2D eigenvalue weighted by Crippen LogP contribution is 2.45. The van der Waals surface area contributed by atoms with Crippen LogP contribution < -0.4 is 0 Å². The van der Waals surface area contributed by atoms with E-state index in [0.29, 0.717) is 6.61 Å². The zero-order chi connectivity index (χ0) is 19.8. The van der Waals surface area contributed by atoms with Gasteiger partial charge in [0.2, 0.25) is 0 Å². The number of hydroxylamine groups is 2. The lowest BCUT2D eigenvalue weighted by Gasteiger charge is -2.16. The minimum atomic E-state index is -0.367. The number of ether oxygens (including phenoxy) is 1. The van der Waals surface area contributed by atoms with E-state index in [0.717, 1.165) is 17.9 Å². The van der Waals surface area contributed by atoms with Crippen molar-refractivity contribution in [2.24, 2.45) is 11.8 Å².